The molecule has 2 aromatic carbocycles. The first kappa shape index (κ1) is 18.4. The third-order valence-electron chi connectivity index (χ3n) is 3.26. The summed E-state index contributed by atoms with van der Waals surface area (Å²) in [6.45, 7) is 0. The van der Waals surface area contributed by atoms with Crippen molar-refractivity contribution in [2.24, 2.45) is 0 Å². The van der Waals surface area contributed by atoms with Crippen molar-refractivity contribution in [3.05, 3.63) is 73.4 Å². The van der Waals surface area contributed by atoms with Gasteiger partial charge in [-0.3, -0.25) is 10.1 Å². The molecule has 0 aliphatic carbocycles. The molecule has 0 radical (unpaired) electrons. The molecule has 0 aliphatic heterocycles. The van der Waals surface area contributed by atoms with Gasteiger partial charge in [0.05, 0.1) is 10.6 Å². The van der Waals surface area contributed by atoms with E-state index in [4.69, 9.17) is 23.2 Å². The number of para-hydroxylation sites is 1. The SMILES string of the molecule is O=[N+]([O-])c1c(Nc2cc(Cl)cc(Cl)c2)ncnc1Nc1ccccc1Br. The lowest BCUT2D eigenvalue weighted by Gasteiger charge is -2.11. The van der Waals surface area contributed by atoms with Crippen LogP contribution in [0.15, 0.2) is 53.3 Å². The van der Waals surface area contributed by atoms with E-state index in [0.29, 0.717) is 21.4 Å². The molecule has 7 nitrogen and oxygen atoms in total. The molecule has 0 amide bonds. The van der Waals surface area contributed by atoms with Crippen LogP contribution in [0.4, 0.5) is 28.7 Å². The van der Waals surface area contributed by atoms with E-state index in [-0.39, 0.29) is 17.3 Å². The van der Waals surface area contributed by atoms with E-state index in [1.54, 1.807) is 30.3 Å². The lowest BCUT2D eigenvalue weighted by molar-refractivity contribution is -0.383. The molecule has 132 valence electrons. The van der Waals surface area contributed by atoms with Gasteiger partial charge in [-0.05, 0) is 46.3 Å². The van der Waals surface area contributed by atoms with Gasteiger partial charge in [-0.15, -0.1) is 0 Å². The van der Waals surface area contributed by atoms with Crippen molar-refractivity contribution in [2.45, 2.75) is 0 Å². The van der Waals surface area contributed by atoms with E-state index >= 15 is 0 Å². The van der Waals surface area contributed by atoms with Crippen molar-refractivity contribution in [1.82, 2.24) is 9.97 Å². The molecule has 0 bridgehead atoms. The number of hydrogen-bond acceptors (Lipinski definition) is 6. The Morgan fingerprint density at radius 3 is 2.23 bits per heavy atom. The van der Waals surface area contributed by atoms with E-state index in [0.717, 1.165) is 4.47 Å². The maximum Gasteiger partial charge on any atom is 0.353 e. The second-order valence-electron chi connectivity index (χ2n) is 5.06. The monoisotopic (exact) mass is 453 g/mol. The molecular weight excluding hydrogens is 445 g/mol. The lowest BCUT2D eigenvalue weighted by atomic mass is 10.3. The van der Waals surface area contributed by atoms with Crippen molar-refractivity contribution >= 4 is 67.8 Å². The Kier molecular flexibility index (Phi) is 5.55. The lowest BCUT2D eigenvalue weighted by Crippen LogP contribution is -2.05. The van der Waals surface area contributed by atoms with E-state index < -0.39 is 4.92 Å². The highest BCUT2D eigenvalue weighted by molar-refractivity contribution is 9.10. The quantitative estimate of drug-likeness (QED) is 0.366. The Morgan fingerprint density at radius 2 is 1.62 bits per heavy atom. The molecule has 3 aromatic rings. The number of hydrogen-bond donors (Lipinski definition) is 2. The summed E-state index contributed by atoms with van der Waals surface area (Å²) < 4.78 is 0.740. The van der Waals surface area contributed by atoms with Gasteiger partial charge >= 0.3 is 5.69 Å². The number of nitrogens with zero attached hydrogens (tertiary/aromatic N) is 3. The average Bonchev–Trinajstić information content (AvgIpc) is 2.56. The van der Waals surface area contributed by atoms with Crippen molar-refractivity contribution in [3.63, 3.8) is 0 Å². The maximum absolute atomic E-state index is 11.6. The molecule has 10 heteroatoms. The molecule has 1 heterocycles. The molecule has 0 spiro atoms. The van der Waals surface area contributed by atoms with E-state index in [2.05, 4.69) is 36.5 Å². The Balaban J connectivity index is 2.01. The van der Waals surface area contributed by atoms with Gasteiger partial charge < -0.3 is 10.6 Å². The summed E-state index contributed by atoms with van der Waals surface area (Å²) in [5.41, 5.74) is 0.793. The van der Waals surface area contributed by atoms with Crippen LogP contribution in [0.5, 0.6) is 0 Å². The van der Waals surface area contributed by atoms with E-state index in [9.17, 15) is 10.1 Å². The maximum atomic E-state index is 11.6. The highest BCUT2D eigenvalue weighted by atomic mass is 79.9. The topological polar surface area (TPSA) is 93.0 Å². The zero-order valence-electron chi connectivity index (χ0n) is 12.9. The van der Waals surface area contributed by atoms with Gasteiger partial charge in [0.15, 0.2) is 0 Å². The van der Waals surface area contributed by atoms with Crippen LogP contribution in [0.2, 0.25) is 10.0 Å². The summed E-state index contributed by atoms with van der Waals surface area (Å²) in [6, 6.07) is 11.9. The van der Waals surface area contributed by atoms with Gasteiger partial charge in [-0.1, -0.05) is 35.3 Å². The number of nitrogens with one attached hydrogen (secondary N) is 2. The third kappa shape index (κ3) is 4.21. The highest BCUT2D eigenvalue weighted by Gasteiger charge is 2.24. The van der Waals surface area contributed by atoms with Crippen LogP contribution < -0.4 is 10.6 Å². The fourth-order valence-electron chi connectivity index (χ4n) is 2.19. The van der Waals surface area contributed by atoms with Crippen LogP contribution in [-0.4, -0.2) is 14.9 Å². The van der Waals surface area contributed by atoms with Crippen LogP contribution in [-0.2, 0) is 0 Å². The number of halogens is 3. The second kappa shape index (κ2) is 7.86. The predicted octanol–water partition coefficient (Wildman–Crippen LogP) is 5.94. The Bertz CT molecular complexity index is 966. The first-order chi connectivity index (χ1) is 12.4. The van der Waals surface area contributed by atoms with Gasteiger partial charge in [0.2, 0.25) is 11.6 Å². The smallest absolute Gasteiger partial charge is 0.334 e. The Labute approximate surface area is 166 Å². The zero-order valence-corrected chi connectivity index (χ0v) is 16.0. The summed E-state index contributed by atoms with van der Waals surface area (Å²) in [5, 5.41) is 18.2. The third-order valence-corrected chi connectivity index (χ3v) is 4.39. The first-order valence-electron chi connectivity index (χ1n) is 7.18. The number of nitro groups is 1. The molecule has 0 aliphatic rings. The van der Waals surface area contributed by atoms with Crippen molar-refractivity contribution in [3.8, 4) is 0 Å². The molecular formula is C16H10BrCl2N5O2. The molecule has 1 aromatic heterocycles. The van der Waals surface area contributed by atoms with Crippen LogP contribution in [0.1, 0.15) is 0 Å². The molecule has 0 fully saturated rings. The molecule has 0 atom stereocenters. The minimum absolute atomic E-state index is 0.0119. The molecule has 26 heavy (non-hydrogen) atoms. The molecule has 3 rings (SSSR count). The number of anilines is 4. The molecule has 0 unspecified atom stereocenters. The van der Waals surface area contributed by atoms with Crippen LogP contribution in [0.25, 0.3) is 0 Å². The summed E-state index contributed by atoms with van der Waals surface area (Å²) >= 11 is 15.3. The van der Waals surface area contributed by atoms with Crippen LogP contribution in [0, 0.1) is 10.1 Å². The molecule has 0 saturated heterocycles. The molecule has 2 N–H and O–H groups in total. The van der Waals surface area contributed by atoms with Gasteiger partial charge in [0.25, 0.3) is 0 Å². The standard InChI is InChI=1S/C16H10BrCl2N5O2/c17-12-3-1-2-4-13(12)23-16-14(24(25)26)15(20-8-21-16)22-11-6-9(18)5-10(19)7-11/h1-8H,(H2,20,21,22,23). The van der Waals surface area contributed by atoms with Gasteiger partial charge in [-0.2, -0.15) is 0 Å². The van der Waals surface area contributed by atoms with Crippen LogP contribution >= 0.6 is 39.1 Å². The Morgan fingerprint density at radius 1 is 1.00 bits per heavy atom. The van der Waals surface area contributed by atoms with Crippen molar-refractivity contribution < 1.29 is 4.92 Å². The summed E-state index contributed by atoms with van der Waals surface area (Å²) in [6.07, 6.45) is 1.22. The first-order valence-corrected chi connectivity index (χ1v) is 8.73. The minimum atomic E-state index is -0.562. The fourth-order valence-corrected chi connectivity index (χ4v) is 3.10. The van der Waals surface area contributed by atoms with Gasteiger partial charge in [0, 0.05) is 20.2 Å². The van der Waals surface area contributed by atoms with Crippen molar-refractivity contribution in [1.29, 1.82) is 0 Å². The van der Waals surface area contributed by atoms with Crippen molar-refractivity contribution in [2.75, 3.05) is 10.6 Å². The second-order valence-corrected chi connectivity index (χ2v) is 6.79. The number of aromatic nitrogens is 2. The fraction of sp³-hybridized carbons (Fsp3) is 0. The molecule has 0 saturated carbocycles. The predicted molar refractivity (Wildman–Crippen MR) is 106 cm³/mol. The highest BCUT2D eigenvalue weighted by Crippen LogP contribution is 2.35. The summed E-state index contributed by atoms with van der Waals surface area (Å²) in [5.74, 6) is 0.0606. The van der Waals surface area contributed by atoms with Gasteiger partial charge in [0.1, 0.15) is 6.33 Å². The van der Waals surface area contributed by atoms with E-state index in [1.807, 2.05) is 12.1 Å². The Hall–Kier alpha value is -2.42. The summed E-state index contributed by atoms with van der Waals surface area (Å²) in [7, 11) is 0. The average molecular weight is 455 g/mol. The van der Waals surface area contributed by atoms with Crippen LogP contribution in [0.3, 0.4) is 0 Å². The zero-order chi connectivity index (χ0) is 18.7. The largest absolute Gasteiger partial charge is 0.353 e. The normalized spacial score (nSPS) is 10.4. The number of benzene rings is 2. The minimum Gasteiger partial charge on any atom is -0.334 e. The summed E-state index contributed by atoms with van der Waals surface area (Å²) in [4.78, 5) is 19.0. The van der Waals surface area contributed by atoms with E-state index in [1.165, 1.54) is 6.33 Å². The number of rotatable bonds is 5. The van der Waals surface area contributed by atoms with Gasteiger partial charge in [-0.25, -0.2) is 9.97 Å².